The van der Waals surface area contributed by atoms with Crippen LogP contribution in [0, 0.1) is 5.92 Å². The highest BCUT2D eigenvalue weighted by molar-refractivity contribution is 6.06. The van der Waals surface area contributed by atoms with Crippen LogP contribution in [0.3, 0.4) is 0 Å². The minimum atomic E-state index is -4.40. The van der Waals surface area contributed by atoms with E-state index in [0.29, 0.717) is 55.3 Å². The Morgan fingerprint density at radius 2 is 1.67 bits per heavy atom. The Hall–Kier alpha value is -4.14. The summed E-state index contributed by atoms with van der Waals surface area (Å²) in [5.41, 5.74) is 2.87. The lowest BCUT2D eigenvalue weighted by Crippen LogP contribution is -2.39. The van der Waals surface area contributed by atoms with E-state index < -0.39 is 11.7 Å². The molecule has 9 heteroatoms. The quantitative estimate of drug-likeness (QED) is 0.224. The lowest BCUT2D eigenvalue weighted by Gasteiger charge is -2.28. The van der Waals surface area contributed by atoms with Crippen molar-refractivity contribution in [2.75, 3.05) is 0 Å². The Morgan fingerprint density at radius 1 is 0.976 bits per heavy atom. The van der Waals surface area contributed by atoms with Crippen molar-refractivity contribution in [1.29, 1.82) is 0 Å². The molecular weight excluding hydrogens is 543 g/mol. The van der Waals surface area contributed by atoms with Crippen molar-refractivity contribution in [3.05, 3.63) is 101 Å². The molecule has 0 aliphatic heterocycles. The summed E-state index contributed by atoms with van der Waals surface area (Å²) >= 11 is 0. The van der Waals surface area contributed by atoms with Crippen molar-refractivity contribution < 1.29 is 27.5 Å². The lowest BCUT2D eigenvalue weighted by atomic mass is 9.86. The summed E-state index contributed by atoms with van der Waals surface area (Å²) in [6.07, 6.45) is -1.82. The molecule has 42 heavy (non-hydrogen) atoms. The second-order valence-corrected chi connectivity index (χ2v) is 10.9. The standard InChI is InChI=1S/C33H34F3N3O3/c1-3-39-28-11-7-10-25(20-22-12-16-26(17-13-22)33(34,35)36)29(28)30(38-39)31(40)37-27-18-14-24(15-19-27)32(41)42-21(2)23-8-5-4-6-9-23/h4-13,16-17,21,24,27H,3,14-15,18-20H2,1-2H3,(H,37,40)/t21-,24?,27?/m0/s1. The van der Waals surface area contributed by atoms with Crippen molar-refractivity contribution in [3.63, 3.8) is 0 Å². The monoisotopic (exact) mass is 577 g/mol. The summed E-state index contributed by atoms with van der Waals surface area (Å²) < 4.78 is 46.6. The number of ether oxygens (including phenoxy) is 1. The fourth-order valence-electron chi connectivity index (χ4n) is 5.67. The molecule has 1 fully saturated rings. The number of alkyl halides is 3. The molecule has 1 aromatic heterocycles. The van der Waals surface area contributed by atoms with E-state index in [0.717, 1.165) is 28.8 Å². The smallest absolute Gasteiger partial charge is 0.416 e. The Balaban J connectivity index is 1.26. The number of esters is 1. The van der Waals surface area contributed by atoms with E-state index in [1.54, 1.807) is 4.68 Å². The van der Waals surface area contributed by atoms with Crippen LogP contribution in [0.5, 0.6) is 0 Å². The van der Waals surface area contributed by atoms with Gasteiger partial charge in [0.1, 0.15) is 6.10 Å². The van der Waals surface area contributed by atoms with Crippen molar-refractivity contribution >= 4 is 22.8 Å². The number of nitrogens with one attached hydrogen (secondary N) is 1. The third kappa shape index (κ3) is 6.50. The third-order valence-corrected chi connectivity index (χ3v) is 8.01. The van der Waals surface area contributed by atoms with E-state index in [1.165, 1.54) is 12.1 Å². The molecule has 0 spiro atoms. The van der Waals surface area contributed by atoms with Crippen LogP contribution in [0.1, 0.15) is 78.4 Å². The SMILES string of the molecule is CCn1nc(C(=O)NC2CCC(C(=O)O[C@@H](C)c3ccccc3)CC2)c2c(Cc3ccc(C(F)(F)F)cc3)cccc21. The van der Waals surface area contributed by atoms with Gasteiger partial charge in [-0.1, -0.05) is 54.6 Å². The van der Waals surface area contributed by atoms with Gasteiger partial charge in [-0.15, -0.1) is 0 Å². The maximum absolute atomic E-state index is 13.5. The molecule has 1 amide bonds. The molecule has 1 heterocycles. The van der Waals surface area contributed by atoms with Crippen molar-refractivity contribution in [3.8, 4) is 0 Å². The van der Waals surface area contributed by atoms with Gasteiger partial charge in [0.15, 0.2) is 5.69 Å². The molecule has 6 nitrogen and oxygen atoms in total. The number of aromatic nitrogens is 2. The normalized spacial score (nSPS) is 18.0. The molecule has 1 atom stereocenters. The van der Waals surface area contributed by atoms with Crippen molar-refractivity contribution in [2.24, 2.45) is 5.92 Å². The number of carbonyl (C=O) groups excluding carboxylic acids is 2. The van der Waals surface area contributed by atoms with Crippen LogP contribution < -0.4 is 5.32 Å². The molecule has 3 aromatic carbocycles. The van der Waals surface area contributed by atoms with Crippen LogP contribution in [-0.4, -0.2) is 27.7 Å². The van der Waals surface area contributed by atoms with Gasteiger partial charge in [0, 0.05) is 18.0 Å². The maximum Gasteiger partial charge on any atom is 0.416 e. The number of halogens is 3. The predicted octanol–water partition coefficient (Wildman–Crippen LogP) is 7.26. The first-order chi connectivity index (χ1) is 20.1. The second-order valence-electron chi connectivity index (χ2n) is 10.9. The van der Waals surface area contributed by atoms with Crippen LogP contribution in [0.4, 0.5) is 13.2 Å². The van der Waals surface area contributed by atoms with Gasteiger partial charge in [-0.25, -0.2) is 0 Å². The summed E-state index contributed by atoms with van der Waals surface area (Å²) in [5.74, 6) is -0.715. The molecule has 1 N–H and O–H groups in total. The summed E-state index contributed by atoms with van der Waals surface area (Å²) in [6, 6.07) is 20.3. The van der Waals surface area contributed by atoms with Crippen LogP contribution >= 0.6 is 0 Å². The third-order valence-electron chi connectivity index (χ3n) is 8.01. The molecule has 0 saturated heterocycles. The highest BCUT2D eigenvalue weighted by Gasteiger charge is 2.31. The number of nitrogens with zero attached hydrogens (tertiary/aromatic N) is 2. The topological polar surface area (TPSA) is 73.2 Å². The van der Waals surface area contributed by atoms with Gasteiger partial charge in [-0.3, -0.25) is 14.3 Å². The molecule has 4 aromatic rings. The number of fused-ring (bicyclic) bond motifs is 1. The number of hydrogen-bond donors (Lipinski definition) is 1. The zero-order chi connectivity index (χ0) is 29.9. The fourth-order valence-corrected chi connectivity index (χ4v) is 5.67. The van der Waals surface area contributed by atoms with Gasteiger partial charge in [-0.2, -0.15) is 18.3 Å². The Morgan fingerprint density at radius 3 is 2.31 bits per heavy atom. The first-order valence-corrected chi connectivity index (χ1v) is 14.3. The van der Waals surface area contributed by atoms with E-state index in [9.17, 15) is 22.8 Å². The number of rotatable bonds is 8. The van der Waals surface area contributed by atoms with Gasteiger partial charge in [0.2, 0.25) is 0 Å². The van der Waals surface area contributed by atoms with Gasteiger partial charge in [-0.05, 0) is 80.8 Å². The molecule has 1 saturated carbocycles. The van der Waals surface area contributed by atoms with Gasteiger partial charge < -0.3 is 10.1 Å². The van der Waals surface area contributed by atoms with Crippen molar-refractivity contribution in [1.82, 2.24) is 15.1 Å². The number of carbonyl (C=O) groups is 2. The average molecular weight is 578 g/mol. The molecule has 0 bridgehead atoms. The summed E-state index contributed by atoms with van der Waals surface area (Å²) in [7, 11) is 0. The summed E-state index contributed by atoms with van der Waals surface area (Å²) in [5, 5.41) is 8.42. The number of hydrogen-bond acceptors (Lipinski definition) is 4. The van der Waals surface area contributed by atoms with E-state index in [1.807, 2.05) is 62.4 Å². The van der Waals surface area contributed by atoms with Crippen LogP contribution in [0.25, 0.3) is 10.9 Å². The van der Waals surface area contributed by atoms with Gasteiger partial charge >= 0.3 is 12.1 Å². The molecule has 220 valence electrons. The Bertz CT molecular complexity index is 1540. The number of benzene rings is 3. The van der Waals surface area contributed by atoms with Gasteiger partial charge in [0.05, 0.1) is 17.0 Å². The molecule has 1 aliphatic rings. The van der Waals surface area contributed by atoms with E-state index in [-0.39, 0.29) is 29.9 Å². The number of amides is 1. The van der Waals surface area contributed by atoms with Crippen LogP contribution in [-0.2, 0) is 28.7 Å². The zero-order valence-electron chi connectivity index (χ0n) is 23.7. The fraction of sp³-hybridized carbons (Fsp3) is 0.364. The predicted molar refractivity (Wildman–Crippen MR) is 154 cm³/mol. The van der Waals surface area contributed by atoms with Gasteiger partial charge in [0.25, 0.3) is 5.91 Å². The molecule has 0 unspecified atom stereocenters. The van der Waals surface area contributed by atoms with Crippen molar-refractivity contribution in [2.45, 2.75) is 70.8 Å². The first kappa shape index (κ1) is 29.4. The Labute approximate surface area is 242 Å². The minimum absolute atomic E-state index is 0.100. The molecule has 1 aliphatic carbocycles. The summed E-state index contributed by atoms with van der Waals surface area (Å²) in [6.45, 7) is 4.36. The molecular formula is C33H34F3N3O3. The van der Waals surface area contributed by atoms with E-state index in [4.69, 9.17) is 4.74 Å². The first-order valence-electron chi connectivity index (χ1n) is 14.3. The zero-order valence-corrected chi connectivity index (χ0v) is 23.7. The molecule has 0 radical (unpaired) electrons. The maximum atomic E-state index is 13.5. The van der Waals surface area contributed by atoms with Crippen LogP contribution in [0.2, 0.25) is 0 Å². The van der Waals surface area contributed by atoms with E-state index in [2.05, 4.69) is 10.4 Å². The average Bonchev–Trinajstić information content (AvgIpc) is 3.38. The van der Waals surface area contributed by atoms with Crippen LogP contribution in [0.15, 0.2) is 72.8 Å². The minimum Gasteiger partial charge on any atom is -0.458 e. The summed E-state index contributed by atoms with van der Waals surface area (Å²) in [4.78, 5) is 26.3. The highest BCUT2D eigenvalue weighted by Crippen LogP contribution is 2.31. The lowest BCUT2D eigenvalue weighted by molar-refractivity contribution is -0.154. The number of aryl methyl sites for hydroxylation is 1. The van der Waals surface area contributed by atoms with E-state index >= 15 is 0 Å². The largest absolute Gasteiger partial charge is 0.458 e. The molecule has 5 rings (SSSR count). The highest BCUT2D eigenvalue weighted by atomic mass is 19.4. The Kier molecular flexibility index (Phi) is 8.66. The second kappa shape index (κ2) is 12.4.